The van der Waals surface area contributed by atoms with Crippen LogP contribution in [0.15, 0.2) is 34.8 Å². The third kappa shape index (κ3) is 4.60. The summed E-state index contributed by atoms with van der Waals surface area (Å²) in [6, 6.07) is 10.2. The number of hydrogen-bond donors (Lipinski definition) is 3. The van der Waals surface area contributed by atoms with E-state index in [1.807, 2.05) is 30.3 Å². The van der Waals surface area contributed by atoms with Gasteiger partial charge in [-0.1, -0.05) is 45.9 Å². The molecule has 2 aromatic rings. The Hall–Kier alpha value is -1.82. The molecule has 0 aliphatic carbocycles. The third-order valence-electron chi connectivity index (χ3n) is 3.94. The molecule has 0 bridgehead atoms. The molecule has 0 aliphatic heterocycles. The van der Waals surface area contributed by atoms with Gasteiger partial charge in [0.15, 0.2) is 5.69 Å². The lowest BCUT2D eigenvalue weighted by Crippen LogP contribution is -2.39. The molecular weight excluding hydrogens is 368 g/mol. The van der Waals surface area contributed by atoms with E-state index >= 15 is 0 Å². The van der Waals surface area contributed by atoms with Crippen LogP contribution in [-0.4, -0.2) is 28.7 Å². The Morgan fingerprint density at radius 2 is 1.88 bits per heavy atom. The number of benzene rings is 1. The van der Waals surface area contributed by atoms with E-state index in [9.17, 15) is 4.79 Å². The number of aromatic amines is 1. The first-order chi connectivity index (χ1) is 11.4. The molecule has 3 N–H and O–H groups in total. The van der Waals surface area contributed by atoms with Crippen molar-refractivity contribution in [1.29, 1.82) is 0 Å². The van der Waals surface area contributed by atoms with Crippen LogP contribution >= 0.6 is 15.9 Å². The Balaban J connectivity index is 2.00. The second-order valence-corrected chi connectivity index (χ2v) is 7.32. The molecule has 0 fully saturated rings. The summed E-state index contributed by atoms with van der Waals surface area (Å²) in [5, 5.41) is 13.5. The number of anilines is 1. The maximum absolute atomic E-state index is 12.4. The van der Waals surface area contributed by atoms with Crippen molar-refractivity contribution in [2.75, 3.05) is 11.9 Å². The van der Waals surface area contributed by atoms with E-state index in [1.54, 1.807) is 0 Å². The maximum atomic E-state index is 12.4. The predicted octanol–water partition coefficient (Wildman–Crippen LogP) is 4.16. The zero-order valence-electron chi connectivity index (χ0n) is 14.6. The number of carbonyl (C=O) groups excluding carboxylic acids is 1. The Kier molecular flexibility index (Phi) is 6.43. The topological polar surface area (TPSA) is 69.8 Å². The molecule has 0 spiro atoms. The van der Waals surface area contributed by atoms with Gasteiger partial charge < -0.3 is 10.6 Å². The van der Waals surface area contributed by atoms with Gasteiger partial charge >= 0.3 is 0 Å². The zero-order chi connectivity index (χ0) is 17.7. The van der Waals surface area contributed by atoms with Gasteiger partial charge in [0.25, 0.3) is 5.91 Å². The minimum Gasteiger partial charge on any atom is -0.380 e. The highest BCUT2D eigenvalue weighted by atomic mass is 79.9. The number of nitrogens with zero attached hydrogens (tertiary/aromatic N) is 1. The van der Waals surface area contributed by atoms with E-state index in [2.05, 4.69) is 64.5 Å². The normalized spacial score (nSPS) is 12.5. The summed E-state index contributed by atoms with van der Waals surface area (Å²) in [4.78, 5) is 12.4. The van der Waals surface area contributed by atoms with Crippen molar-refractivity contribution >= 4 is 27.5 Å². The van der Waals surface area contributed by atoms with Gasteiger partial charge in [-0.2, -0.15) is 5.10 Å². The average Bonchev–Trinajstić information content (AvgIpc) is 2.93. The Labute approximate surface area is 151 Å². The number of H-pyrrole nitrogens is 1. The van der Waals surface area contributed by atoms with Crippen molar-refractivity contribution < 1.29 is 4.79 Å². The number of nitrogens with one attached hydrogen (secondary N) is 3. The number of halogens is 1. The van der Waals surface area contributed by atoms with Crippen LogP contribution in [-0.2, 0) is 0 Å². The van der Waals surface area contributed by atoms with Crippen LogP contribution in [0, 0.1) is 5.92 Å². The number of carbonyl (C=O) groups is 1. The highest BCUT2D eigenvalue weighted by molar-refractivity contribution is 9.10. The Morgan fingerprint density at radius 3 is 2.42 bits per heavy atom. The maximum Gasteiger partial charge on any atom is 0.273 e. The molecule has 130 valence electrons. The van der Waals surface area contributed by atoms with Gasteiger partial charge in [0.2, 0.25) is 0 Å². The molecule has 1 atom stereocenters. The van der Waals surface area contributed by atoms with Crippen LogP contribution in [0.5, 0.6) is 0 Å². The van der Waals surface area contributed by atoms with Crippen LogP contribution in [0.3, 0.4) is 0 Å². The molecule has 0 saturated carbocycles. The SMILES string of the molecule is CC(C)c1[nH]nc(C(=O)NCC(Nc2ccccc2)C(C)C)c1Br. The van der Waals surface area contributed by atoms with Crippen molar-refractivity contribution in [3.63, 3.8) is 0 Å². The van der Waals surface area contributed by atoms with E-state index < -0.39 is 0 Å². The predicted molar refractivity (Wildman–Crippen MR) is 101 cm³/mol. The lowest BCUT2D eigenvalue weighted by Gasteiger charge is -2.23. The van der Waals surface area contributed by atoms with Crippen LogP contribution in [0.1, 0.15) is 49.8 Å². The minimum absolute atomic E-state index is 0.138. The number of hydrogen-bond acceptors (Lipinski definition) is 3. The van der Waals surface area contributed by atoms with Crippen molar-refractivity contribution in [3.05, 3.63) is 46.2 Å². The van der Waals surface area contributed by atoms with Crippen LogP contribution < -0.4 is 10.6 Å². The molecule has 0 aliphatic rings. The van der Waals surface area contributed by atoms with Crippen molar-refractivity contribution in [1.82, 2.24) is 15.5 Å². The van der Waals surface area contributed by atoms with E-state index in [-0.39, 0.29) is 17.9 Å². The summed E-state index contributed by atoms with van der Waals surface area (Å²) in [6.45, 7) is 8.90. The van der Waals surface area contributed by atoms with Gasteiger partial charge in [0.1, 0.15) is 0 Å². The first-order valence-electron chi connectivity index (χ1n) is 8.23. The van der Waals surface area contributed by atoms with E-state index in [4.69, 9.17) is 0 Å². The van der Waals surface area contributed by atoms with E-state index in [1.165, 1.54) is 0 Å². The molecule has 24 heavy (non-hydrogen) atoms. The summed E-state index contributed by atoms with van der Waals surface area (Å²) in [5.41, 5.74) is 2.39. The number of aromatic nitrogens is 2. The highest BCUT2D eigenvalue weighted by Crippen LogP contribution is 2.25. The number of para-hydroxylation sites is 1. The molecule has 2 rings (SSSR count). The first kappa shape index (κ1) is 18.5. The molecule has 1 aromatic carbocycles. The highest BCUT2D eigenvalue weighted by Gasteiger charge is 2.21. The lowest BCUT2D eigenvalue weighted by atomic mass is 10.0. The smallest absolute Gasteiger partial charge is 0.273 e. The summed E-state index contributed by atoms with van der Waals surface area (Å²) >= 11 is 3.47. The van der Waals surface area contributed by atoms with Gasteiger partial charge in [0.05, 0.1) is 10.2 Å². The summed E-state index contributed by atoms with van der Waals surface area (Å²) < 4.78 is 0.743. The molecule has 0 radical (unpaired) electrons. The standard InChI is InChI=1S/C18H25BrN4O/c1-11(2)14(21-13-8-6-5-7-9-13)10-20-18(24)17-15(19)16(12(3)4)22-23-17/h5-9,11-12,14,21H,10H2,1-4H3,(H,20,24)(H,22,23). The summed E-state index contributed by atoms with van der Waals surface area (Å²) in [7, 11) is 0. The van der Waals surface area contributed by atoms with E-state index in [0.717, 1.165) is 15.9 Å². The molecule has 1 aromatic heterocycles. The van der Waals surface area contributed by atoms with Gasteiger partial charge in [-0.05, 0) is 39.9 Å². The molecule has 6 heteroatoms. The second kappa shape index (κ2) is 8.33. The molecular formula is C18H25BrN4O. The fourth-order valence-corrected chi connectivity index (χ4v) is 3.18. The Morgan fingerprint density at radius 1 is 1.21 bits per heavy atom. The minimum atomic E-state index is -0.175. The summed E-state index contributed by atoms with van der Waals surface area (Å²) in [5.74, 6) is 0.474. The Bertz CT molecular complexity index is 667. The third-order valence-corrected chi connectivity index (χ3v) is 4.74. The number of rotatable bonds is 7. The van der Waals surface area contributed by atoms with Gasteiger partial charge in [0, 0.05) is 18.3 Å². The van der Waals surface area contributed by atoms with Crippen molar-refractivity contribution in [2.45, 2.75) is 39.7 Å². The first-order valence-corrected chi connectivity index (χ1v) is 9.03. The van der Waals surface area contributed by atoms with Gasteiger partial charge in [-0.15, -0.1) is 0 Å². The quantitative estimate of drug-likeness (QED) is 0.662. The fraction of sp³-hybridized carbons (Fsp3) is 0.444. The molecule has 1 heterocycles. The molecule has 1 unspecified atom stereocenters. The number of amides is 1. The van der Waals surface area contributed by atoms with Crippen molar-refractivity contribution in [2.24, 2.45) is 5.92 Å². The second-order valence-electron chi connectivity index (χ2n) is 6.53. The monoisotopic (exact) mass is 392 g/mol. The van der Waals surface area contributed by atoms with Crippen LogP contribution in [0.2, 0.25) is 0 Å². The van der Waals surface area contributed by atoms with Crippen LogP contribution in [0.25, 0.3) is 0 Å². The summed E-state index contributed by atoms with van der Waals surface area (Å²) in [6.07, 6.45) is 0. The fourth-order valence-electron chi connectivity index (χ4n) is 2.36. The molecule has 1 amide bonds. The molecule has 5 nitrogen and oxygen atoms in total. The van der Waals surface area contributed by atoms with Gasteiger partial charge in [-0.3, -0.25) is 9.89 Å². The van der Waals surface area contributed by atoms with Gasteiger partial charge in [-0.25, -0.2) is 0 Å². The lowest BCUT2D eigenvalue weighted by molar-refractivity contribution is 0.0944. The molecule has 0 saturated heterocycles. The zero-order valence-corrected chi connectivity index (χ0v) is 16.1. The van der Waals surface area contributed by atoms with Crippen molar-refractivity contribution in [3.8, 4) is 0 Å². The van der Waals surface area contributed by atoms with E-state index in [0.29, 0.717) is 18.2 Å². The average molecular weight is 393 g/mol. The largest absolute Gasteiger partial charge is 0.380 e. The van der Waals surface area contributed by atoms with Crippen LogP contribution in [0.4, 0.5) is 5.69 Å².